The molecule has 0 saturated carbocycles. The van der Waals surface area contributed by atoms with E-state index in [9.17, 15) is 9.59 Å². The number of hydrogen-bond acceptors (Lipinski definition) is 3. The molecule has 0 atom stereocenters. The summed E-state index contributed by atoms with van der Waals surface area (Å²) < 4.78 is 0. The lowest BCUT2D eigenvalue weighted by Gasteiger charge is -2.08. The van der Waals surface area contributed by atoms with E-state index in [1.807, 2.05) is 48.5 Å². The Morgan fingerprint density at radius 1 is 0.724 bits per heavy atom. The van der Waals surface area contributed by atoms with Gasteiger partial charge in [0.25, 0.3) is 11.8 Å². The van der Waals surface area contributed by atoms with Crippen LogP contribution in [0, 0.1) is 0 Å². The van der Waals surface area contributed by atoms with Crippen molar-refractivity contribution >= 4 is 11.8 Å². The maximum atomic E-state index is 12.4. The molecule has 2 amide bonds. The third-order valence-electron chi connectivity index (χ3n) is 4.57. The highest BCUT2D eigenvalue weighted by Crippen LogP contribution is 2.04. The number of nitrogens with zero attached hydrogens (tertiary/aromatic N) is 1. The molecule has 29 heavy (non-hydrogen) atoms. The minimum Gasteiger partial charge on any atom is -0.352 e. The van der Waals surface area contributed by atoms with Crippen LogP contribution in [-0.2, 0) is 12.8 Å². The van der Waals surface area contributed by atoms with Gasteiger partial charge in [0.15, 0.2) is 0 Å². The minimum absolute atomic E-state index is 0.207. The highest BCUT2D eigenvalue weighted by atomic mass is 16.2. The van der Waals surface area contributed by atoms with Crippen LogP contribution in [0.4, 0.5) is 0 Å². The molecule has 148 valence electrons. The van der Waals surface area contributed by atoms with Crippen LogP contribution in [0.15, 0.2) is 79.0 Å². The SMILES string of the molecule is O=C(NCCc1ccccc1)c1ccnc(C(=O)NCCCc2ccccc2)c1. The fourth-order valence-corrected chi connectivity index (χ4v) is 2.99. The van der Waals surface area contributed by atoms with Gasteiger partial charge in [0.1, 0.15) is 5.69 Å². The van der Waals surface area contributed by atoms with Gasteiger partial charge in [0.05, 0.1) is 0 Å². The van der Waals surface area contributed by atoms with Gasteiger partial charge >= 0.3 is 0 Å². The number of hydrogen-bond donors (Lipinski definition) is 2. The summed E-state index contributed by atoms with van der Waals surface area (Å²) in [5.74, 6) is -0.474. The van der Waals surface area contributed by atoms with Crippen molar-refractivity contribution in [3.05, 3.63) is 101 Å². The number of benzene rings is 2. The zero-order valence-electron chi connectivity index (χ0n) is 16.3. The van der Waals surface area contributed by atoms with Crippen molar-refractivity contribution in [2.24, 2.45) is 0 Å². The number of aromatic nitrogens is 1. The second kappa shape index (κ2) is 10.8. The number of aryl methyl sites for hydroxylation is 1. The number of rotatable bonds is 9. The first-order valence-electron chi connectivity index (χ1n) is 9.82. The fraction of sp³-hybridized carbons (Fsp3) is 0.208. The van der Waals surface area contributed by atoms with Gasteiger partial charge in [-0.05, 0) is 42.5 Å². The van der Waals surface area contributed by atoms with Gasteiger partial charge in [-0.3, -0.25) is 14.6 Å². The zero-order valence-corrected chi connectivity index (χ0v) is 16.3. The van der Waals surface area contributed by atoms with Crippen LogP contribution in [-0.4, -0.2) is 29.9 Å². The van der Waals surface area contributed by atoms with E-state index >= 15 is 0 Å². The third-order valence-corrected chi connectivity index (χ3v) is 4.57. The second-order valence-corrected chi connectivity index (χ2v) is 6.77. The van der Waals surface area contributed by atoms with E-state index in [-0.39, 0.29) is 17.5 Å². The monoisotopic (exact) mass is 387 g/mol. The van der Waals surface area contributed by atoms with E-state index in [1.165, 1.54) is 17.8 Å². The van der Waals surface area contributed by atoms with Gasteiger partial charge in [-0.1, -0.05) is 60.7 Å². The van der Waals surface area contributed by atoms with Crippen LogP contribution in [0.2, 0.25) is 0 Å². The van der Waals surface area contributed by atoms with E-state index in [2.05, 4.69) is 27.8 Å². The maximum absolute atomic E-state index is 12.4. The van der Waals surface area contributed by atoms with Crippen LogP contribution in [0.3, 0.4) is 0 Å². The maximum Gasteiger partial charge on any atom is 0.269 e. The molecule has 0 spiro atoms. The Kier molecular flexibility index (Phi) is 7.52. The summed E-state index contributed by atoms with van der Waals surface area (Å²) in [5, 5.41) is 5.75. The van der Waals surface area contributed by atoms with Crippen molar-refractivity contribution in [3.8, 4) is 0 Å². The largest absolute Gasteiger partial charge is 0.352 e. The molecule has 0 fully saturated rings. The Balaban J connectivity index is 1.45. The van der Waals surface area contributed by atoms with Gasteiger partial charge in [0.2, 0.25) is 0 Å². The third kappa shape index (κ3) is 6.57. The predicted octanol–water partition coefficient (Wildman–Crippen LogP) is 3.42. The van der Waals surface area contributed by atoms with E-state index in [1.54, 1.807) is 6.07 Å². The Labute approximate surface area is 171 Å². The molecule has 2 aromatic carbocycles. The lowest BCUT2D eigenvalue weighted by molar-refractivity contribution is 0.0948. The molecular formula is C24H25N3O2. The molecule has 5 heteroatoms. The van der Waals surface area contributed by atoms with Gasteiger partial charge in [-0.2, -0.15) is 0 Å². The topological polar surface area (TPSA) is 71.1 Å². The minimum atomic E-state index is -0.267. The quantitative estimate of drug-likeness (QED) is 0.553. The Morgan fingerprint density at radius 2 is 1.34 bits per heavy atom. The second-order valence-electron chi connectivity index (χ2n) is 6.77. The molecule has 2 N–H and O–H groups in total. The van der Waals surface area contributed by atoms with Crippen LogP contribution >= 0.6 is 0 Å². The first-order valence-corrected chi connectivity index (χ1v) is 9.82. The molecule has 1 heterocycles. The van der Waals surface area contributed by atoms with E-state index in [0.717, 1.165) is 24.8 Å². The van der Waals surface area contributed by atoms with E-state index < -0.39 is 0 Å². The highest BCUT2D eigenvalue weighted by Gasteiger charge is 2.11. The predicted molar refractivity (Wildman–Crippen MR) is 114 cm³/mol. The molecule has 3 rings (SSSR count). The molecule has 0 bridgehead atoms. The van der Waals surface area contributed by atoms with Crippen LogP contribution in [0.25, 0.3) is 0 Å². The Bertz CT molecular complexity index is 927. The number of pyridine rings is 1. The first kappa shape index (κ1) is 20.3. The van der Waals surface area contributed by atoms with Gasteiger partial charge in [-0.25, -0.2) is 0 Å². The summed E-state index contributed by atoms with van der Waals surface area (Å²) in [6.07, 6.45) is 3.99. The average Bonchev–Trinajstić information content (AvgIpc) is 2.78. The van der Waals surface area contributed by atoms with Crippen molar-refractivity contribution < 1.29 is 9.59 Å². The Hall–Kier alpha value is -3.47. The van der Waals surface area contributed by atoms with E-state index in [4.69, 9.17) is 0 Å². The number of carbonyl (C=O) groups is 2. The molecular weight excluding hydrogens is 362 g/mol. The van der Waals surface area contributed by atoms with Crippen LogP contribution < -0.4 is 10.6 Å². The normalized spacial score (nSPS) is 10.3. The van der Waals surface area contributed by atoms with Crippen molar-refractivity contribution in [2.75, 3.05) is 13.1 Å². The number of nitrogens with one attached hydrogen (secondary N) is 2. The molecule has 0 aliphatic rings. The first-order chi connectivity index (χ1) is 14.2. The van der Waals surface area contributed by atoms with Gasteiger partial charge < -0.3 is 10.6 Å². The molecule has 3 aromatic rings. The summed E-state index contributed by atoms with van der Waals surface area (Å²) in [6.45, 7) is 1.09. The fourth-order valence-electron chi connectivity index (χ4n) is 2.99. The standard InChI is InChI=1S/C24H25N3O2/c28-23(27-16-13-20-10-5-2-6-11-20)21-14-17-25-22(18-21)24(29)26-15-7-12-19-8-3-1-4-9-19/h1-6,8-11,14,17-18H,7,12-13,15-16H2,(H,26,29)(H,27,28). The number of carbonyl (C=O) groups excluding carboxylic acids is 2. The lowest BCUT2D eigenvalue weighted by Crippen LogP contribution is -2.28. The highest BCUT2D eigenvalue weighted by molar-refractivity contribution is 5.98. The van der Waals surface area contributed by atoms with Crippen molar-refractivity contribution in [1.29, 1.82) is 0 Å². The molecule has 0 aliphatic carbocycles. The Morgan fingerprint density at radius 3 is 2.03 bits per heavy atom. The summed E-state index contributed by atoms with van der Waals surface area (Å²) in [4.78, 5) is 28.8. The lowest BCUT2D eigenvalue weighted by atomic mass is 10.1. The van der Waals surface area contributed by atoms with Crippen LogP contribution in [0.5, 0.6) is 0 Å². The van der Waals surface area contributed by atoms with Crippen molar-refractivity contribution in [3.63, 3.8) is 0 Å². The van der Waals surface area contributed by atoms with Gasteiger partial charge in [-0.15, -0.1) is 0 Å². The molecule has 0 aliphatic heterocycles. The van der Waals surface area contributed by atoms with E-state index in [0.29, 0.717) is 18.7 Å². The summed E-state index contributed by atoms with van der Waals surface area (Å²) in [5.41, 5.74) is 3.09. The molecule has 0 radical (unpaired) electrons. The molecule has 5 nitrogen and oxygen atoms in total. The smallest absolute Gasteiger partial charge is 0.269 e. The molecule has 0 unspecified atom stereocenters. The average molecular weight is 387 g/mol. The summed E-state index contributed by atoms with van der Waals surface area (Å²) in [7, 11) is 0. The van der Waals surface area contributed by atoms with Crippen molar-refractivity contribution in [1.82, 2.24) is 15.6 Å². The zero-order chi connectivity index (χ0) is 20.3. The molecule has 0 saturated heterocycles. The molecule has 1 aromatic heterocycles. The summed E-state index contributed by atoms with van der Waals surface area (Å²) >= 11 is 0. The number of amides is 2. The van der Waals surface area contributed by atoms with Crippen molar-refractivity contribution in [2.45, 2.75) is 19.3 Å². The van der Waals surface area contributed by atoms with Crippen LogP contribution in [0.1, 0.15) is 38.4 Å². The van der Waals surface area contributed by atoms with Gasteiger partial charge in [0, 0.05) is 24.8 Å². The summed E-state index contributed by atoms with van der Waals surface area (Å²) in [6, 6.07) is 23.3.